The highest BCUT2D eigenvalue weighted by molar-refractivity contribution is 9.10. The molecule has 0 aliphatic rings. The summed E-state index contributed by atoms with van der Waals surface area (Å²) < 4.78 is 0.973. The van der Waals surface area contributed by atoms with E-state index >= 15 is 0 Å². The van der Waals surface area contributed by atoms with Crippen molar-refractivity contribution in [1.29, 1.82) is 0 Å². The van der Waals surface area contributed by atoms with Gasteiger partial charge in [-0.2, -0.15) is 0 Å². The molecule has 0 aliphatic heterocycles. The fourth-order valence-corrected chi connectivity index (χ4v) is 2.65. The van der Waals surface area contributed by atoms with Gasteiger partial charge in [0.25, 0.3) is 0 Å². The number of hydrogen-bond acceptors (Lipinski definition) is 2. The average molecular weight is 333 g/mol. The zero-order valence-electron chi connectivity index (χ0n) is 11.2. The first-order valence-electron chi connectivity index (χ1n) is 6.45. The smallest absolute Gasteiger partial charge is 0.241 e. The van der Waals surface area contributed by atoms with E-state index in [-0.39, 0.29) is 11.9 Å². The molecule has 0 heterocycles. The van der Waals surface area contributed by atoms with Gasteiger partial charge in [-0.05, 0) is 24.1 Å². The minimum Gasteiger partial charge on any atom is -0.348 e. The zero-order chi connectivity index (χ0) is 14.5. The van der Waals surface area contributed by atoms with Crippen LogP contribution in [-0.2, 0) is 4.79 Å². The number of amides is 1. The molecule has 0 fully saturated rings. The first kappa shape index (κ1) is 14.8. The van der Waals surface area contributed by atoms with E-state index in [0.717, 1.165) is 15.6 Å². The van der Waals surface area contributed by atoms with Crippen molar-refractivity contribution in [1.82, 2.24) is 5.32 Å². The Balaban J connectivity index is 2.07. The summed E-state index contributed by atoms with van der Waals surface area (Å²) in [6, 6.07) is 16.4. The van der Waals surface area contributed by atoms with Gasteiger partial charge in [-0.3, -0.25) is 4.79 Å². The lowest BCUT2D eigenvalue weighted by molar-refractivity contribution is -0.123. The molecule has 4 heteroatoms. The Morgan fingerprint density at radius 3 is 2.35 bits per heavy atom. The number of rotatable bonds is 4. The van der Waals surface area contributed by atoms with Gasteiger partial charge in [0, 0.05) is 4.47 Å². The van der Waals surface area contributed by atoms with E-state index in [1.165, 1.54) is 0 Å². The van der Waals surface area contributed by atoms with Crippen molar-refractivity contribution < 1.29 is 4.79 Å². The Kier molecular flexibility index (Phi) is 4.93. The highest BCUT2D eigenvalue weighted by atomic mass is 79.9. The number of carbonyl (C=O) groups excluding carboxylic acids is 1. The molecule has 0 aromatic heterocycles. The maximum absolute atomic E-state index is 12.2. The predicted octanol–water partition coefficient (Wildman–Crippen LogP) is 3.33. The average Bonchev–Trinajstić information content (AvgIpc) is 2.47. The van der Waals surface area contributed by atoms with Crippen molar-refractivity contribution in [3.05, 3.63) is 70.2 Å². The summed E-state index contributed by atoms with van der Waals surface area (Å²) in [5.74, 6) is -0.181. The predicted molar refractivity (Wildman–Crippen MR) is 84.1 cm³/mol. The molecule has 0 saturated carbocycles. The molecule has 20 heavy (non-hydrogen) atoms. The third-order valence-electron chi connectivity index (χ3n) is 3.17. The summed E-state index contributed by atoms with van der Waals surface area (Å²) >= 11 is 3.49. The van der Waals surface area contributed by atoms with Crippen molar-refractivity contribution in [2.24, 2.45) is 5.73 Å². The molecule has 0 spiro atoms. The van der Waals surface area contributed by atoms with Gasteiger partial charge in [0.05, 0.1) is 6.04 Å². The van der Waals surface area contributed by atoms with Crippen LogP contribution in [-0.4, -0.2) is 5.91 Å². The molecule has 0 radical (unpaired) electrons. The molecule has 2 aromatic rings. The summed E-state index contributed by atoms with van der Waals surface area (Å²) in [4.78, 5) is 12.2. The Bertz CT molecular complexity index is 586. The molecule has 2 aromatic carbocycles. The van der Waals surface area contributed by atoms with Crippen molar-refractivity contribution >= 4 is 21.8 Å². The maximum Gasteiger partial charge on any atom is 0.241 e. The number of nitrogens with two attached hydrogens (primary N) is 1. The molecular formula is C16H17BrN2O. The van der Waals surface area contributed by atoms with Crippen molar-refractivity contribution in [3.63, 3.8) is 0 Å². The first-order valence-corrected chi connectivity index (χ1v) is 7.24. The molecule has 3 N–H and O–H groups in total. The van der Waals surface area contributed by atoms with Crippen molar-refractivity contribution in [2.45, 2.75) is 19.0 Å². The molecule has 2 atom stereocenters. The second-order valence-electron chi connectivity index (χ2n) is 4.64. The Labute approximate surface area is 127 Å². The summed E-state index contributed by atoms with van der Waals surface area (Å²) in [5.41, 5.74) is 7.82. The fourth-order valence-electron chi connectivity index (χ4n) is 2.02. The summed E-state index contributed by atoms with van der Waals surface area (Å²) in [6.07, 6.45) is 0. The van der Waals surface area contributed by atoms with Crippen LogP contribution in [0.1, 0.15) is 30.1 Å². The monoisotopic (exact) mass is 332 g/mol. The Hall–Kier alpha value is -1.65. The fraction of sp³-hybridized carbons (Fsp3) is 0.188. The maximum atomic E-state index is 12.2. The van der Waals surface area contributed by atoms with Crippen molar-refractivity contribution in [2.75, 3.05) is 0 Å². The molecular weight excluding hydrogens is 316 g/mol. The minimum absolute atomic E-state index is 0.104. The van der Waals surface area contributed by atoms with E-state index in [4.69, 9.17) is 5.73 Å². The van der Waals surface area contributed by atoms with Crippen LogP contribution in [0.3, 0.4) is 0 Å². The first-order chi connectivity index (χ1) is 9.59. The van der Waals surface area contributed by atoms with Gasteiger partial charge in [0.2, 0.25) is 5.91 Å². The van der Waals surface area contributed by atoms with Crippen LogP contribution in [0.2, 0.25) is 0 Å². The number of benzene rings is 2. The van der Waals surface area contributed by atoms with Gasteiger partial charge in [-0.25, -0.2) is 0 Å². The minimum atomic E-state index is -0.652. The largest absolute Gasteiger partial charge is 0.348 e. The van der Waals surface area contributed by atoms with Gasteiger partial charge in [0.15, 0.2) is 0 Å². The van der Waals surface area contributed by atoms with Gasteiger partial charge < -0.3 is 11.1 Å². The lowest BCUT2D eigenvalue weighted by Crippen LogP contribution is -2.35. The van der Waals surface area contributed by atoms with Crippen LogP contribution in [0.15, 0.2) is 59.1 Å². The third-order valence-corrected chi connectivity index (χ3v) is 3.89. The standard InChI is InChI=1S/C16H17BrN2O/c1-11(13-9-5-6-10-14(13)17)19-16(20)15(18)12-7-3-2-4-8-12/h2-11,15H,18H2,1H3,(H,19,20)/t11-,15+/m0/s1. The molecule has 0 unspecified atom stereocenters. The van der Waals surface area contributed by atoms with E-state index in [2.05, 4.69) is 21.2 Å². The van der Waals surface area contributed by atoms with Crippen LogP contribution in [0.4, 0.5) is 0 Å². The van der Waals surface area contributed by atoms with E-state index in [1.54, 1.807) is 0 Å². The van der Waals surface area contributed by atoms with E-state index < -0.39 is 6.04 Å². The van der Waals surface area contributed by atoms with Gasteiger partial charge in [-0.15, -0.1) is 0 Å². The molecule has 104 valence electrons. The lowest BCUT2D eigenvalue weighted by atomic mass is 10.1. The van der Waals surface area contributed by atoms with Crippen LogP contribution in [0, 0.1) is 0 Å². The highest BCUT2D eigenvalue weighted by Gasteiger charge is 2.18. The number of hydrogen-bond donors (Lipinski definition) is 2. The Morgan fingerprint density at radius 1 is 1.10 bits per heavy atom. The molecule has 2 rings (SSSR count). The van der Waals surface area contributed by atoms with Crippen LogP contribution in [0.5, 0.6) is 0 Å². The SMILES string of the molecule is C[C@H](NC(=O)[C@H](N)c1ccccc1)c1ccccc1Br. The summed E-state index contributed by atoms with van der Waals surface area (Å²) in [5, 5.41) is 2.94. The second-order valence-corrected chi connectivity index (χ2v) is 5.49. The molecule has 1 amide bonds. The van der Waals surface area contributed by atoms with Crippen LogP contribution in [0.25, 0.3) is 0 Å². The van der Waals surface area contributed by atoms with E-state index in [9.17, 15) is 4.79 Å². The lowest BCUT2D eigenvalue weighted by Gasteiger charge is -2.19. The van der Waals surface area contributed by atoms with Gasteiger partial charge in [-0.1, -0.05) is 64.5 Å². The third kappa shape index (κ3) is 3.46. The number of nitrogens with one attached hydrogen (secondary N) is 1. The van der Waals surface area contributed by atoms with E-state index in [1.807, 2.05) is 61.5 Å². The van der Waals surface area contributed by atoms with E-state index in [0.29, 0.717) is 0 Å². The number of carbonyl (C=O) groups is 1. The van der Waals surface area contributed by atoms with Crippen molar-refractivity contribution in [3.8, 4) is 0 Å². The zero-order valence-corrected chi connectivity index (χ0v) is 12.8. The van der Waals surface area contributed by atoms with Crippen LogP contribution >= 0.6 is 15.9 Å². The van der Waals surface area contributed by atoms with Gasteiger partial charge >= 0.3 is 0 Å². The topological polar surface area (TPSA) is 55.1 Å². The second kappa shape index (κ2) is 6.68. The van der Waals surface area contributed by atoms with Gasteiger partial charge in [0.1, 0.15) is 6.04 Å². The molecule has 0 bridgehead atoms. The highest BCUT2D eigenvalue weighted by Crippen LogP contribution is 2.23. The summed E-state index contributed by atoms with van der Waals surface area (Å²) in [6.45, 7) is 1.94. The number of halogens is 1. The quantitative estimate of drug-likeness (QED) is 0.902. The van der Waals surface area contributed by atoms with Crippen LogP contribution < -0.4 is 11.1 Å². The molecule has 0 aliphatic carbocycles. The summed E-state index contributed by atoms with van der Waals surface area (Å²) in [7, 11) is 0. The normalized spacial score (nSPS) is 13.6. The Morgan fingerprint density at radius 2 is 1.70 bits per heavy atom. The molecule has 0 saturated heterocycles. The molecule has 3 nitrogen and oxygen atoms in total.